The first-order valence-corrected chi connectivity index (χ1v) is 8.76. The topological polar surface area (TPSA) is 76.3 Å². The molecular weight excluding hydrogens is 320 g/mol. The first kappa shape index (κ1) is 17.3. The number of rotatable bonds is 6. The second-order valence-electron chi connectivity index (χ2n) is 6.42. The third kappa shape index (κ3) is 3.75. The number of nitrogens with zero attached hydrogens (tertiary/aromatic N) is 3. The number of hydrogen-bond donors (Lipinski definition) is 1. The Balaban J connectivity index is 1.50. The van der Waals surface area contributed by atoms with Crippen molar-refractivity contribution in [3.63, 3.8) is 0 Å². The fraction of sp³-hybridized carbons (Fsp3) is 0.500. The van der Waals surface area contributed by atoms with Crippen LogP contribution < -0.4 is 11.0 Å². The highest BCUT2D eigenvalue weighted by atomic mass is 16.2. The molecule has 1 fully saturated rings. The Hall–Kier alpha value is -2.57. The maximum atomic E-state index is 12.3. The van der Waals surface area contributed by atoms with Gasteiger partial charge < -0.3 is 10.2 Å². The summed E-state index contributed by atoms with van der Waals surface area (Å²) in [7, 11) is 1.73. The Labute approximate surface area is 146 Å². The van der Waals surface area contributed by atoms with Crippen LogP contribution in [0.25, 0.3) is 11.0 Å². The predicted octanol–water partition coefficient (Wildman–Crippen LogP) is 0.859. The third-order valence-electron chi connectivity index (χ3n) is 4.73. The van der Waals surface area contributed by atoms with Crippen LogP contribution in [0.1, 0.15) is 25.7 Å². The number of aromatic nitrogens is 2. The van der Waals surface area contributed by atoms with Gasteiger partial charge in [-0.3, -0.25) is 18.7 Å². The Morgan fingerprint density at radius 1 is 1.08 bits per heavy atom. The summed E-state index contributed by atoms with van der Waals surface area (Å²) >= 11 is 0. The number of hydrogen-bond acceptors (Lipinski definition) is 3. The van der Waals surface area contributed by atoms with Crippen LogP contribution in [0.15, 0.2) is 29.1 Å². The number of imidazole rings is 1. The van der Waals surface area contributed by atoms with Gasteiger partial charge in [0.2, 0.25) is 11.8 Å². The SMILES string of the molecule is Cn1c(=O)n(CCC(=O)NCCC(=O)N2CCCC2)c2ccccc21. The van der Waals surface area contributed by atoms with E-state index in [-0.39, 0.29) is 23.9 Å². The molecule has 0 aliphatic carbocycles. The van der Waals surface area contributed by atoms with Gasteiger partial charge in [0.25, 0.3) is 0 Å². The molecule has 0 atom stereocenters. The van der Waals surface area contributed by atoms with Crippen LogP contribution in [0.3, 0.4) is 0 Å². The summed E-state index contributed by atoms with van der Waals surface area (Å²) in [6.07, 6.45) is 2.68. The molecular formula is C18H24N4O3. The van der Waals surface area contributed by atoms with E-state index < -0.39 is 0 Å². The number of carbonyl (C=O) groups is 2. The first-order valence-electron chi connectivity index (χ1n) is 8.76. The Bertz CT molecular complexity index is 830. The van der Waals surface area contributed by atoms with Crippen molar-refractivity contribution in [2.24, 2.45) is 7.05 Å². The van der Waals surface area contributed by atoms with E-state index in [0.29, 0.717) is 19.5 Å². The zero-order valence-electron chi connectivity index (χ0n) is 14.5. The van der Waals surface area contributed by atoms with Crippen molar-refractivity contribution in [3.8, 4) is 0 Å². The van der Waals surface area contributed by atoms with Crippen LogP contribution in [-0.4, -0.2) is 45.5 Å². The highest BCUT2D eigenvalue weighted by Crippen LogP contribution is 2.12. The number of aryl methyl sites for hydroxylation is 2. The molecule has 1 aromatic heterocycles. The first-order chi connectivity index (χ1) is 12.1. The summed E-state index contributed by atoms with van der Waals surface area (Å²) < 4.78 is 3.20. The molecule has 2 aromatic rings. The number of amides is 2. The molecule has 1 aliphatic rings. The van der Waals surface area contributed by atoms with Gasteiger partial charge in [-0.15, -0.1) is 0 Å². The Kier molecular flexibility index (Phi) is 5.21. The number of nitrogens with one attached hydrogen (secondary N) is 1. The zero-order valence-corrected chi connectivity index (χ0v) is 14.5. The molecule has 0 bridgehead atoms. The highest BCUT2D eigenvalue weighted by molar-refractivity contribution is 5.79. The molecule has 0 unspecified atom stereocenters. The monoisotopic (exact) mass is 344 g/mol. The quantitative estimate of drug-likeness (QED) is 0.844. The van der Waals surface area contributed by atoms with Crippen molar-refractivity contribution in [2.75, 3.05) is 19.6 Å². The average Bonchev–Trinajstić information content (AvgIpc) is 3.23. The highest BCUT2D eigenvalue weighted by Gasteiger charge is 2.17. The lowest BCUT2D eigenvalue weighted by atomic mass is 10.3. The number of likely N-dealkylation sites (tertiary alicyclic amines) is 1. The van der Waals surface area contributed by atoms with Crippen LogP contribution in [0.4, 0.5) is 0 Å². The molecule has 1 aliphatic heterocycles. The van der Waals surface area contributed by atoms with E-state index in [9.17, 15) is 14.4 Å². The number of para-hydroxylation sites is 2. The normalized spacial score (nSPS) is 14.2. The van der Waals surface area contributed by atoms with Crippen LogP contribution in [-0.2, 0) is 23.2 Å². The molecule has 3 rings (SSSR count). The lowest BCUT2D eigenvalue weighted by molar-refractivity contribution is -0.130. The summed E-state index contributed by atoms with van der Waals surface area (Å²) in [4.78, 5) is 38.1. The number of carbonyl (C=O) groups excluding carboxylic acids is 2. The van der Waals surface area contributed by atoms with Gasteiger partial charge in [-0.1, -0.05) is 12.1 Å². The maximum Gasteiger partial charge on any atom is 0.328 e. The molecule has 1 aromatic carbocycles. The van der Waals surface area contributed by atoms with Crippen LogP contribution in [0, 0.1) is 0 Å². The molecule has 2 amide bonds. The van der Waals surface area contributed by atoms with Crippen LogP contribution in [0.2, 0.25) is 0 Å². The van der Waals surface area contributed by atoms with Gasteiger partial charge in [0.15, 0.2) is 0 Å². The summed E-state index contributed by atoms with van der Waals surface area (Å²) in [5.74, 6) is -0.0443. The molecule has 25 heavy (non-hydrogen) atoms. The maximum absolute atomic E-state index is 12.3. The van der Waals surface area contributed by atoms with Gasteiger partial charge in [-0.25, -0.2) is 4.79 Å². The van der Waals surface area contributed by atoms with E-state index in [0.717, 1.165) is 37.0 Å². The molecule has 1 N–H and O–H groups in total. The fourth-order valence-corrected chi connectivity index (χ4v) is 3.31. The fourth-order valence-electron chi connectivity index (χ4n) is 3.31. The summed E-state index contributed by atoms with van der Waals surface area (Å²) in [6.45, 7) is 2.33. The second kappa shape index (κ2) is 7.55. The van der Waals surface area contributed by atoms with Crippen molar-refractivity contribution >= 4 is 22.8 Å². The van der Waals surface area contributed by atoms with Crippen molar-refractivity contribution < 1.29 is 9.59 Å². The van der Waals surface area contributed by atoms with E-state index in [1.54, 1.807) is 16.2 Å². The van der Waals surface area contributed by atoms with Crippen molar-refractivity contribution in [2.45, 2.75) is 32.2 Å². The molecule has 7 heteroatoms. The van der Waals surface area contributed by atoms with Gasteiger partial charge in [0.05, 0.1) is 11.0 Å². The van der Waals surface area contributed by atoms with Gasteiger partial charge >= 0.3 is 5.69 Å². The largest absolute Gasteiger partial charge is 0.356 e. The summed E-state index contributed by atoms with van der Waals surface area (Å²) in [5, 5.41) is 2.77. The predicted molar refractivity (Wildman–Crippen MR) is 95.2 cm³/mol. The standard InChI is InChI=1S/C18H24N4O3/c1-20-14-6-2-3-7-15(14)22(18(20)25)13-9-16(23)19-10-8-17(24)21-11-4-5-12-21/h2-3,6-7H,4-5,8-13H2,1H3,(H,19,23). The minimum Gasteiger partial charge on any atom is -0.356 e. The lowest BCUT2D eigenvalue weighted by Crippen LogP contribution is -2.33. The molecule has 2 heterocycles. The Morgan fingerprint density at radius 3 is 2.48 bits per heavy atom. The van der Waals surface area contributed by atoms with E-state index in [2.05, 4.69) is 5.32 Å². The van der Waals surface area contributed by atoms with E-state index in [1.807, 2.05) is 29.2 Å². The van der Waals surface area contributed by atoms with Crippen LogP contribution >= 0.6 is 0 Å². The van der Waals surface area contributed by atoms with Crippen molar-refractivity contribution in [3.05, 3.63) is 34.7 Å². The molecule has 1 saturated heterocycles. The van der Waals surface area contributed by atoms with Crippen molar-refractivity contribution in [1.29, 1.82) is 0 Å². The third-order valence-corrected chi connectivity index (χ3v) is 4.73. The zero-order chi connectivity index (χ0) is 17.8. The molecule has 134 valence electrons. The van der Waals surface area contributed by atoms with Gasteiger partial charge in [0, 0.05) is 46.1 Å². The smallest absolute Gasteiger partial charge is 0.328 e. The van der Waals surface area contributed by atoms with Crippen molar-refractivity contribution in [1.82, 2.24) is 19.4 Å². The van der Waals surface area contributed by atoms with E-state index in [4.69, 9.17) is 0 Å². The molecule has 0 saturated carbocycles. The lowest BCUT2D eigenvalue weighted by Gasteiger charge is -2.15. The Morgan fingerprint density at radius 2 is 1.76 bits per heavy atom. The minimum absolute atomic E-state index is 0.100. The minimum atomic E-state index is -0.144. The van der Waals surface area contributed by atoms with Crippen LogP contribution in [0.5, 0.6) is 0 Å². The van der Waals surface area contributed by atoms with Gasteiger partial charge in [-0.2, -0.15) is 0 Å². The van der Waals surface area contributed by atoms with E-state index >= 15 is 0 Å². The average molecular weight is 344 g/mol. The van der Waals surface area contributed by atoms with Gasteiger partial charge in [-0.05, 0) is 25.0 Å². The molecule has 0 spiro atoms. The summed E-state index contributed by atoms with van der Waals surface area (Å²) in [6, 6.07) is 7.53. The number of fused-ring (bicyclic) bond motifs is 1. The molecule has 0 radical (unpaired) electrons. The summed E-state index contributed by atoms with van der Waals surface area (Å²) in [5.41, 5.74) is 1.55. The molecule has 7 nitrogen and oxygen atoms in total. The van der Waals surface area contributed by atoms with E-state index in [1.165, 1.54) is 0 Å². The number of benzene rings is 1. The second-order valence-corrected chi connectivity index (χ2v) is 6.42. The van der Waals surface area contributed by atoms with Gasteiger partial charge in [0.1, 0.15) is 0 Å².